The van der Waals surface area contributed by atoms with Crippen LogP contribution in [0.15, 0.2) is 24.3 Å². The molecule has 0 spiro atoms. The summed E-state index contributed by atoms with van der Waals surface area (Å²) < 4.78 is 5.03. The topological polar surface area (TPSA) is 78.9 Å². The van der Waals surface area contributed by atoms with Gasteiger partial charge in [0.05, 0.1) is 0 Å². The Kier molecular flexibility index (Phi) is 4.67. The Morgan fingerprint density at radius 1 is 1.24 bits per heavy atom. The van der Waals surface area contributed by atoms with Gasteiger partial charge < -0.3 is 20.1 Å². The molecule has 1 aliphatic rings. The largest absolute Gasteiger partial charge is 0.482 e. The van der Waals surface area contributed by atoms with Crippen LogP contribution in [0.2, 0.25) is 0 Å². The maximum Gasteiger partial charge on any atom is 0.341 e. The molecule has 0 bridgehead atoms. The summed E-state index contributed by atoms with van der Waals surface area (Å²) in [5, 5.41) is 11.4. The van der Waals surface area contributed by atoms with Crippen LogP contribution in [0.4, 0.5) is 10.5 Å². The third kappa shape index (κ3) is 4.11. The second-order valence-electron chi connectivity index (χ2n) is 5.50. The number of aliphatic carboxylic acids is 1. The van der Waals surface area contributed by atoms with E-state index >= 15 is 0 Å². The average Bonchev–Trinajstić information content (AvgIpc) is 2.78. The number of amides is 2. The van der Waals surface area contributed by atoms with Crippen LogP contribution in [0.3, 0.4) is 0 Å². The van der Waals surface area contributed by atoms with Crippen molar-refractivity contribution < 1.29 is 19.4 Å². The summed E-state index contributed by atoms with van der Waals surface area (Å²) in [5.74, 6) is 0.466. The molecule has 114 valence electrons. The second kappa shape index (κ2) is 6.47. The van der Waals surface area contributed by atoms with Crippen molar-refractivity contribution in [3.05, 3.63) is 24.3 Å². The zero-order chi connectivity index (χ0) is 15.4. The van der Waals surface area contributed by atoms with Crippen molar-refractivity contribution in [1.29, 1.82) is 0 Å². The average molecular weight is 292 g/mol. The van der Waals surface area contributed by atoms with Gasteiger partial charge in [-0.25, -0.2) is 9.59 Å². The normalized spacial score (nSPS) is 21.1. The molecule has 2 rings (SSSR count). The molecule has 1 fully saturated rings. The third-order valence-corrected chi connectivity index (χ3v) is 3.74. The highest BCUT2D eigenvalue weighted by molar-refractivity contribution is 5.89. The van der Waals surface area contributed by atoms with Crippen molar-refractivity contribution in [3.63, 3.8) is 0 Å². The molecule has 0 aromatic heterocycles. The Balaban J connectivity index is 1.88. The lowest BCUT2D eigenvalue weighted by Gasteiger charge is -2.17. The minimum absolute atomic E-state index is 0.106. The monoisotopic (exact) mass is 292 g/mol. The molecule has 1 saturated heterocycles. The van der Waals surface area contributed by atoms with Gasteiger partial charge in [0.2, 0.25) is 0 Å². The SMILES string of the molecule is CC1CN(C(=O)Nc2ccc(OCC(=O)O)cc2)CC1C. The Labute approximate surface area is 123 Å². The Morgan fingerprint density at radius 2 is 1.81 bits per heavy atom. The van der Waals surface area contributed by atoms with Crippen LogP contribution in [0.1, 0.15) is 13.8 Å². The minimum atomic E-state index is -1.02. The zero-order valence-corrected chi connectivity index (χ0v) is 12.2. The van der Waals surface area contributed by atoms with Gasteiger partial charge in [-0.1, -0.05) is 13.8 Å². The van der Waals surface area contributed by atoms with E-state index in [1.54, 1.807) is 24.3 Å². The van der Waals surface area contributed by atoms with Crippen LogP contribution in [0.25, 0.3) is 0 Å². The number of rotatable bonds is 4. The Bertz CT molecular complexity index is 505. The number of benzene rings is 1. The van der Waals surface area contributed by atoms with Crippen LogP contribution in [0.5, 0.6) is 5.75 Å². The molecule has 2 atom stereocenters. The lowest BCUT2D eigenvalue weighted by Crippen LogP contribution is -2.33. The summed E-state index contributed by atoms with van der Waals surface area (Å²) in [6, 6.07) is 6.54. The van der Waals surface area contributed by atoms with Gasteiger partial charge in [0, 0.05) is 18.8 Å². The van der Waals surface area contributed by atoms with Crippen LogP contribution >= 0.6 is 0 Å². The molecular weight excluding hydrogens is 272 g/mol. The molecule has 1 aromatic rings. The van der Waals surface area contributed by atoms with E-state index in [1.807, 2.05) is 4.90 Å². The van der Waals surface area contributed by atoms with E-state index in [0.29, 0.717) is 23.3 Å². The van der Waals surface area contributed by atoms with Crippen molar-refractivity contribution in [1.82, 2.24) is 4.90 Å². The van der Waals surface area contributed by atoms with E-state index in [9.17, 15) is 9.59 Å². The van der Waals surface area contributed by atoms with Crippen molar-refractivity contribution in [3.8, 4) is 5.75 Å². The summed E-state index contributed by atoms with van der Waals surface area (Å²) in [6.45, 7) is 5.45. The molecule has 0 radical (unpaired) electrons. The van der Waals surface area contributed by atoms with Crippen molar-refractivity contribution in [2.24, 2.45) is 11.8 Å². The first-order valence-corrected chi connectivity index (χ1v) is 6.96. The first-order chi connectivity index (χ1) is 9.95. The van der Waals surface area contributed by atoms with Crippen molar-refractivity contribution >= 4 is 17.7 Å². The predicted octanol–water partition coefficient (Wildman–Crippen LogP) is 2.27. The lowest BCUT2D eigenvalue weighted by molar-refractivity contribution is -0.139. The number of carbonyl (C=O) groups is 2. The maximum atomic E-state index is 12.1. The molecule has 21 heavy (non-hydrogen) atoms. The molecule has 1 aromatic carbocycles. The van der Waals surface area contributed by atoms with Gasteiger partial charge in [0.15, 0.2) is 6.61 Å². The van der Waals surface area contributed by atoms with Gasteiger partial charge >= 0.3 is 12.0 Å². The minimum Gasteiger partial charge on any atom is -0.482 e. The predicted molar refractivity (Wildman–Crippen MR) is 78.5 cm³/mol. The zero-order valence-electron chi connectivity index (χ0n) is 12.2. The lowest BCUT2D eigenvalue weighted by atomic mass is 10.0. The Hall–Kier alpha value is -2.24. The summed E-state index contributed by atoms with van der Waals surface area (Å²) in [4.78, 5) is 24.3. The van der Waals surface area contributed by atoms with Crippen LogP contribution < -0.4 is 10.1 Å². The van der Waals surface area contributed by atoms with Gasteiger partial charge in [-0.15, -0.1) is 0 Å². The fourth-order valence-electron chi connectivity index (χ4n) is 2.28. The number of ether oxygens (including phenoxy) is 1. The summed E-state index contributed by atoms with van der Waals surface area (Å²) >= 11 is 0. The fraction of sp³-hybridized carbons (Fsp3) is 0.467. The summed E-state index contributed by atoms with van der Waals surface area (Å²) in [6.07, 6.45) is 0. The molecule has 6 heteroatoms. The highest BCUT2D eigenvalue weighted by atomic mass is 16.5. The number of likely N-dealkylation sites (tertiary alicyclic amines) is 1. The maximum absolute atomic E-state index is 12.1. The summed E-state index contributed by atoms with van der Waals surface area (Å²) in [7, 11) is 0. The third-order valence-electron chi connectivity index (χ3n) is 3.74. The fourth-order valence-corrected chi connectivity index (χ4v) is 2.28. The molecule has 1 aliphatic heterocycles. The van der Waals surface area contributed by atoms with E-state index in [0.717, 1.165) is 13.1 Å². The number of anilines is 1. The van der Waals surface area contributed by atoms with Gasteiger partial charge in [-0.2, -0.15) is 0 Å². The standard InChI is InChI=1S/C15H20N2O4/c1-10-7-17(8-11(10)2)15(20)16-12-3-5-13(6-4-12)21-9-14(18)19/h3-6,10-11H,7-9H2,1-2H3,(H,16,20)(H,18,19). The van der Waals surface area contributed by atoms with Crippen LogP contribution in [0, 0.1) is 11.8 Å². The van der Waals surface area contributed by atoms with E-state index in [1.165, 1.54) is 0 Å². The molecular formula is C15H20N2O4. The highest BCUT2D eigenvalue weighted by Gasteiger charge is 2.29. The molecule has 1 heterocycles. The molecule has 0 aliphatic carbocycles. The van der Waals surface area contributed by atoms with E-state index < -0.39 is 5.97 Å². The summed E-state index contributed by atoms with van der Waals surface area (Å²) in [5.41, 5.74) is 0.662. The molecule has 2 amide bonds. The van der Waals surface area contributed by atoms with Crippen molar-refractivity contribution in [2.45, 2.75) is 13.8 Å². The Morgan fingerprint density at radius 3 is 2.33 bits per heavy atom. The van der Waals surface area contributed by atoms with Gasteiger partial charge in [-0.3, -0.25) is 0 Å². The highest BCUT2D eigenvalue weighted by Crippen LogP contribution is 2.23. The second-order valence-corrected chi connectivity index (χ2v) is 5.50. The van der Waals surface area contributed by atoms with Crippen LogP contribution in [-0.4, -0.2) is 41.7 Å². The smallest absolute Gasteiger partial charge is 0.341 e. The number of nitrogens with zero attached hydrogens (tertiary/aromatic N) is 1. The van der Waals surface area contributed by atoms with Gasteiger partial charge in [0.25, 0.3) is 0 Å². The van der Waals surface area contributed by atoms with Crippen LogP contribution in [-0.2, 0) is 4.79 Å². The molecule has 2 unspecified atom stereocenters. The van der Waals surface area contributed by atoms with Crippen molar-refractivity contribution in [2.75, 3.05) is 25.0 Å². The van der Waals surface area contributed by atoms with E-state index in [2.05, 4.69) is 19.2 Å². The number of hydrogen-bond acceptors (Lipinski definition) is 3. The molecule has 0 saturated carbocycles. The molecule has 6 nitrogen and oxygen atoms in total. The van der Waals surface area contributed by atoms with E-state index in [4.69, 9.17) is 9.84 Å². The first-order valence-electron chi connectivity index (χ1n) is 6.96. The first kappa shape index (κ1) is 15.2. The van der Waals surface area contributed by atoms with Gasteiger partial charge in [-0.05, 0) is 36.1 Å². The molecule has 2 N–H and O–H groups in total. The quantitative estimate of drug-likeness (QED) is 0.892. The van der Waals surface area contributed by atoms with E-state index in [-0.39, 0.29) is 12.6 Å². The number of hydrogen-bond donors (Lipinski definition) is 2. The number of carbonyl (C=O) groups excluding carboxylic acids is 1. The number of carboxylic acid groups (broad SMARTS) is 1. The number of carboxylic acids is 1. The van der Waals surface area contributed by atoms with Gasteiger partial charge in [0.1, 0.15) is 5.75 Å². The number of nitrogens with one attached hydrogen (secondary N) is 1. The number of urea groups is 1.